The molecule has 0 saturated heterocycles. The lowest BCUT2D eigenvalue weighted by atomic mass is 9.87. The molecule has 0 spiro atoms. The van der Waals surface area contributed by atoms with Crippen LogP contribution in [-0.4, -0.2) is 26.0 Å². The van der Waals surface area contributed by atoms with Crippen LogP contribution in [0.5, 0.6) is 0 Å². The summed E-state index contributed by atoms with van der Waals surface area (Å²) in [7, 11) is 0. The second-order valence-electron chi connectivity index (χ2n) is 6.75. The Morgan fingerprint density at radius 3 is 2.23 bits per heavy atom. The van der Waals surface area contributed by atoms with Crippen LogP contribution < -0.4 is 11.2 Å². The molecule has 1 aromatic carbocycles. The van der Waals surface area contributed by atoms with Gasteiger partial charge in [0.1, 0.15) is 0 Å². The Hall–Kier alpha value is -2.23. The molecule has 142 valence electrons. The molecule has 2 rings (SSSR count). The van der Waals surface area contributed by atoms with E-state index in [1.165, 1.54) is 0 Å². The van der Waals surface area contributed by atoms with Crippen molar-refractivity contribution in [2.45, 2.75) is 49.7 Å². The normalized spacial score (nSPS) is 13.5. The summed E-state index contributed by atoms with van der Waals surface area (Å²) >= 11 is 0.794. The van der Waals surface area contributed by atoms with E-state index in [2.05, 4.69) is 36.3 Å². The summed E-state index contributed by atoms with van der Waals surface area (Å²) in [5.74, 6) is 3.67. The molecule has 0 radical (unpaired) electrons. The molecule has 3 N–H and O–H groups in total. The van der Waals surface area contributed by atoms with E-state index in [9.17, 15) is 18.0 Å². The molecule has 0 aliphatic carbocycles. The maximum atomic E-state index is 12.7. The van der Waals surface area contributed by atoms with Crippen molar-refractivity contribution < 1.29 is 18.0 Å². The molecule has 6 nitrogen and oxygen atoms in total. The molecule has 0 fully saturated rings. The third-order valence-corrected chi connectivity index (χ3v) is 4.64. The van der Waals surface area contributed by atoms with E-state index in [4.69, 9.17) is 5.84 Å². The number of hydrogen-bond acceptors (Lipinski definition) is 5. The van der Waals surface area contributed by atoms with Gasteiger partial charge in [0.25, 0.3) is 5.82 Å². The lowest BCUT2D eigenvalue weighted by molar-refractivity contribution is -0.146. The average Bonchev–Trinajstić information content (AvgIpc) is 2.88. The van der Waals surface area contributed by atoms with Crippen LogP contribution in [0.4, 0.5) is 18.9 Å². The van der Waals surface area contributed by atoms with E-state index in [-0.39, 0.29) is 16.5 Å². The first kappa shape index (κ1) is 20.1. The molecule has 1 amide bonds. The van der Waals surface area contributed by atoms with Gasteiger partial charge in [-0.1, -0.05) is 44.7 Å². The Labute approximate surface area is 153 Å². The number of nitrogens with zero attached hydrogens (tertiary/aromatic N) is 3. The smallest absolute Gasteiger partial charge is 0.335 e. The van der Waals surface area contributed by atoms with E-state index >= 15 is 0 Å². The SMILES string of the molecule is CC(Sc1nnc(C(F)(F)F)n1N)C(=O)Nc1ccc(C(C)(C)C)cc1. The number of nitrogen functional groups attached to an aromatic ring is 1. The molecule has 0 aliphatic heterocycles. The van der Waals surface area contributed by atoms with Crippen molar-refractivity contribution in [1.29, 1.82) is 0 Å². The van der Waals surface area contributed by atoms with E-state index in [0.29, 0.717) is 10.4 Å². The molecule has 1 heterocycles. The van der Waals surface area contributed by atoms with Gasteiger partial charge < -0.3 is 11.2 Å². The number of nitrogens with one attached hydrogen (secondary N) is 1. The van der Waals surface area contributed by atoms with Crippen molar-refractivity contribution >= 4 is 23.4 Å². The second kappa shape index (κ2) is 7.18. The molecular weight excluding hydrogens is 367 g/mol. The molecule has 1 unspecified atom stereocenters. The number of carbonyl (C=O) groups excluding carboxylic acids is 1. The molecule has 0 bridgehead atoms. The predicted octanol–water partition coefficient (Wildman–Crippen LogP) is 3.43. The van der Waals surface area contributed by atoms with Gasteiger partial charge in [0, 0.05) is 5.69 Å². The van der Waals surface area contributed by atoms with Gasteiger partial charge in [0.2, 0.25) is 11.1 Å². The van der Waals surface area contributed by atoms with E-state index < -0.39 is 17.3 Å². The zero-order chi connectivity index (χ0) is 19.7. The quantitative estimate of drug-likeness (QED) is 0.620. The van der Waals surface area contributed by atoms with Crippen molar-refractivity contribution in [3.63, 3.8) is 0 Å². The molecule has 2 aromatic rings. The zero-order valence-corrected chi connectivity index (χ0v) is 15.6. The minimum Gasteiger partial charge on any atom is -0.335 e. The Bertz CT molecular complexity index is 781. The third kappa shape index (κ3) is 4.69. The number of halogens is 3. The van der Waals surface area contributed by atoms with Gasteiger partial charge >= 0.3 is 6.18 Å². The number of benzene rings is 1. The highest BCUT2D eigenvalue weighted by molar-refractivity contribution is 8.00. The van der Waals surface area contributed by atoms with Crippen molar-refractivity contribution in [1.82, 2.24) is 14.9 Å². The number of amides is 1. The van der Waals surface area contributed by atoms with Crippen molar-refractivity contribution in [2.24, 2.45) is 0 Å². The van der Waals surface area contributed by atoms with Gasteiger partial charge in [-0.15, -0.1) is 10.2 Å². The Morgan fingerprint density at radius 1 is 1.19 bits per heavy atom. The zero-order valence-electron chi connectivity index (χ0n) is 14.8. The van der Waals surface area contributed by atoms with Gasteiger partial charge in [-0.25, -0.2) is 4.68 Å². The highest BCUT2D eigenvalue weighted by Gasteiger charge is 2.38. The monoisotopic (exact) mass is 387 g/mol. The Morgan fingerprint density at radius 2 is 1.77 bits per heavy atom. The number of aromatic nitrogens is 3. The molecule has 0 aliphatic rings. The Kier molecular flexibility index (Phi) is 5.55. The molecule has 10 heteroatoms. The third-order valence-electron chi connectivity index (χ3n) is 3.59. The van der Waals surface area contributed by atoms with Crippen molar-refractivity contribution in [3.05, 3.63) is 35.7 Å². The van der Waals surface area contributed by atoms with Gasteiger partial charge in [-0.2, -0.15) is 13.2 Å². The van der Waals surface area contributed by atoms with E-state index in [0.717, 1.165) is 17.3 Å². The Balaban J connectivity index is 2.03. The van der Waals surface area contributed by atoms with Crippen LogP contribution in [0.1, 0.15) is 39.1 Å². The number of thioether (sulfide) groups is 1. The van der Waals surface area contributed by atoms with Crippen LogP contribution in [-0.2, 0) is 16.4 Å². The molecular formula is C16H20F3N5OS. The van der Waals surface area contributed by atoms with Crippen LogP contribution in [0.2, 0.25) is 0 Å². The predicted molar refractivity (Wildman–Crippen MR) is 94.3 cm³/mol. The fraction of sp³-hybridized carbons (Fsp3) is 0.438. The topological polar surface area (TPSA) is 85.8 Å². The summed E-state index contributed by atoms with van der Waals surface area (Å²) in [5, 5.41) is 8.24. The van der Waals surface area contributed by atoms with Crippen LogP contribution in [0.15, 0.2) is 29.4 Å². The highest BCUT2D eigenvalue weighted by Crippen LogP contribution is 2.30. The van der Waals surface area contributed by atoms with Gasteiger partial charge in [0.05, 0.1) is 5.25 Å². The minimum absolute atomic E-state index is 0.00687. The number of carbonyl (C=O) groups is 1. The largest absolute Gasteiger partial charge is 0.453 e. The lowest BCUT2D eigenvalue weighted by Gasteiger charge is -2.19. The van der Waals surface area contributed by atoms with Crippen molar-refractivity contribution in [3.8, 4) is 0 Å². The van der Waals surface area contributed by atoms with E-state index in [1.54, 1.807) is 19.1 Å². The number of hydrogen-bond donors (Lipinski definition) is 2. The average molecular weight is 387 g/mol. The van der Waals surface area contributed by atoms with Crippen LogP contribution >= 0.6 is 11.8 Å². The summed E-state index contributed by atoms with van der Waals surface area (Å²) in [6.07, 6.45) is -4.71. The summed E-state index contributed by atoms with van der Waals surface area (Å²) in [6.45, 7) is 7.79. The number of anilines is 1. The maximum absolute atomic E-state index is 12.7. The summed E-state index contributed by atoms with van der Waals surface area (Å²) in [5.41, 5.74) is 1.71. The maximum Gasteiger partial charge on any atom is 0.453 e. The minimum atomic E-state index is -4.71. The van der Waals surface area contributed by atoms with Crippen LogP contribution in [0.3, 0.4) is 0 Å². The lowest BCUT2D eigenvalue weighted by Crippen LogP contribution is -2.25. The molecule has 0 saturated carbocycles. The first-order valence-electron chi connectivity index (χ1n) is 7.75. The van der Waals surface area contributed by atoms with Crippen molar-refractivity contribution in [2.75, 3.05) is 11.2 Å². The van der Waals surface area contributed by atoms with Crippen LogP contribution in [0.25, 0.3) is 0 Å². The van der Waals surface area contributed by atoms with E-state index in [1.807, 2.05) is 12.1 Å². The first-order valence-corrected chi connectivity index (χ1v) is 8.63. The molecule has 26 heavy (non-hydrogen) atoms. The standard InChI is InChI=1S/C16H20F3N5OS/c1-9(26-14-23-22-13(24(14)20)16(17,18)19)12(25)21-11-7-5-10(6-8-11)15(2,3)4/h5-9H,20H2,1-4H3,(H,21,25). The van der Waals surface area contributed by atoms with Gasteiger partial charge in [0.15, 0.2) is 0 Å². The molecule has 1 atom stereocenters. The van der Waals surface area contributed by atoms with Crippen LogP contribution in [0, 0.1) is 0 Å². The first-order chi connectivity index (χ1) is 11.9. The summed E-state index contributed by atoms with van der Waals surface area (Å²) < 4.78 is 38.4. The highest BCUT2D eigenvalue weighted by atomic mass is 32.2. The number of alkyl halides is 3. The summed E-state index contributed by atoms with van der Waals surface area (Å²) in [4.78, 5) is 12.3. The second-order valence-corrected chi connectivity index (χ2v) is 8.06. The number of nitrogens with two attached hydrogens (primary N) is 1. The van der Waals surface area contributed by atoms with Gasteiger partial charge in [-0.3, -0.25) is 4.79 Å². The summed E-state index contributed by atoms with van der Waals surface area (Å²) in [6, 6.07) is 7.39. The molecule has 1 aromatic heterocycles. The van der Waals surface area contributed by atoms with Gasteiger partial charge in [-0.05, 0) is 30.0 Å². The fourth-order valence-electron chi connectivity index (χ4n) is 2.06. The number of rotatable bonds is 4. The fourth-order valence-corrected chi connectivity index (χ4v) is 2.83.